The highest BCUT2D eigenvalue weighted by Gasteiger charge is 2.15. The van der Waals surface area contributed by atoms with E-state index in [-0.39, 0.29) is 17.2 Å². The van der Waals surface area contributed by atoms with Crippen molar-refractivity contribution < 1.29 is 24.5 Å². The smallest absolute Gasteiger partial charge is 0.502 e. The van der Waals surface area contributed by atoms with Crippen LogP contribution in [0.5, 0.6) is 17.2 Å². The molecule has 0 saturated heterocycles. The molecule has 2 N–H and O–H groups in total. The number of aromatic hydroxyl groups is 1. The van der Waals surface area contributed by atoms with Gasteiger partial charge in [-0.1, -0.05) is 19.4 Å². The van der Waals surface area contributed by atoms with E-state index in [4.69, 9.17) is 9.84 Å². The molecule has 0 aromatic heterocycles. The van der Waals surface area contributed by atoms with Crippen molar-refractivity contribution in [2.75, 3.05) is 7.11 Å². The number of rotatable bonds is 4. The van der Waals surface area contributed by atoms with Crippen molar-refractivity contribution in [3.63, 3.8) is 0 Å². The predicted molar refractivity (Wildman–Crippen MR) is 57.3 cm³/mol. The van der Waals surface area contributed by atoms with Crippen LogP contribution in [0.1, 0.15) is 18.9 Å². The minimum Gasteiger partial charge on any atom is -0.502 e. The van der Waals surface area contributed by atoms with Crippen LogP contribution in [0.25, 0.3) is 0 Å². The molecule has 0 radical (unpaired) electrons. The van der Waals surface area contributed by atoms with E-state index in [2.05, 4.69) is 4.74 Å². The maximum atomic E-state index is 10.4. The third-order valence-electron chi connectivity index (χ3n) is 2.10. The average molecular weight is 226 g/mol. The van der Waals surface area contributed by atoms with Crippen molar-refractivity contribution in [2.45, 2.75) is 19.8 Å². The lowest BCUT2D eigenvalue weighted by Gasteiger charge is -2.12. The number of phenols is 1. The predicted octanol–water partition coefficient (Wildman–Crippen LogP) is 2.41. The Hall–Kier alpha value is -1.91. The molecule has 1 rings (SSSR count). The first-order valence-electron chi connectivity index (χ1n) is 4.89. The number of benzene rings is 1. The maximum absolute atomic E-state index is 10.4. The Bertz CT molecular complexity index is 386. The molecular weight excluding hydrogens is 212 g/mol. The van der Waals surface area contributed by atoms with E-state index in [1.54, 1.807) is 6.07 Å². The summed E-state index contributed by atoms with van der Waals surface area (Å²) in [5.41, 5.74) is 0.820. The Morgan fingerprint density at radius 1 is 1.44 bits per heavy atom. The van der Waals surface area contributed by atoms with Gasteiger partial charge in [-0.2, -0.15) is 0 Å². The molecule has 0 atom stereocenters. The van der Waals surface area contributed by atoms with Gasteiger partial charge in [0, 0.05) is 0 Å². The van der Waals surface area contributed by atoms with Crippen molar-refractivity contribution in [1.29, 1.82) is 0 Å². The first-order chi connectivity index (χ1) is 7.60. The van der Waals surface area contributed by atoms with Crippen molar-refractivity contribution in [3.05, 3.63) is 17.7 Å². The molecule has 0 bridgehead atoms. The number of hydrogen-bond acceptors (Lipinski definition) is 4. The molecule has 0 fully saturated rings. The van der Waals surface area contributed by atoms with E-state index in [9.17, 15) is 9.90 Å². The lowest BCUT2D eigenvalue weighted by Crippen LogP contribution is -2.04. The van der Waals surface area contributed by atoms with Crippen LogP contribution in [0.4, 0.5) is 4.79 Å². The molecule has 0 aliphatic heterocycles. The Morgan fingerprint density at radius 2 is 2.12 bits per heavy atom. The summed E-state index contributed by atoms with van der Waals surface area (Å²) in [5.74, 6) is -0.138. The monoisotopic (exact) mass is 226 g/mol. The van der Waals surface area contributed by atoms with Crippen molar-refractivity contribution in [1.82, 2.24) is 0 Å². The van der Waals surface area contributed by atoms with E-state index in [1.807, 2.05) is 6.92 Å². The van der Waals surface area contributed by atoms with Crippen LogP contribution in [-0.2, 0) is 6.42 Å². The third kappa shape index (κ3) is 2.56. The summed E-state index contributed by atoms with van der Waals surface area (Å²) in [6, 6.07) is 3.09. The average Bonchev–Trinajstić information content (AvgIpc) is 2.22. The lowest BCUT2D eigenvalue weighted by atomic mass is 10.1. The summed E-state index contributed by atoms with van der Waals surface area (Å²) >= 11 is 0. The second-order valence-electron chi connectivity index (χ2n) is 3.22. The van der Waals surface area contributed by atoms with E-state index < -0.39 is 6.16 Å². The van der Waals surface area contributed by atoms with Crippen LogP contribution in [0.3, 0.4) is 0 Å². The largest absolute Gasteiger partial charge is 0.511 e. The number of phenolic OH excluding ortho intramolecular Hbond substituents is 1. The van der Waals surface area contributed by atoms with Gasteiger partial charge >= 0.3 is 6.16 Å². The molecule has 0 amide bonds. The molecule has 1 aromatic rings. The topological polar surface area (TPSA) is 76.0 Å². The SMILES string of the molecule is CCCc1ccc(OC(=O)O)c(O)c1OC. The van der Waals surface area contributed by atoms with Gasteiger partial charge < -0.3 is 19.7 Å². The number of aryl methyl sites for hydroxylation is 1. The highest BCUT2D eigenvalue weighted by molar-refractivity contribution is 5.65. The zero-order valence-electron chi connectivity index (χ0n) is 9.19. The molecule has 0 saturated carbocycles. The zero-order valence-corrected chi connectivity index (χ0v) is 9.19. The van der Waals surface area contributed by atoms with E-state index in [0.29, 0.717) is 0 Å². The van der Waals surface area contributed by atoms with Gasteiger partial charge in [-0.15, -0.1) is 0 Å². The van der Waals surface area contributed by atoms with Gasteiger partial charge in [-0.05, 0) is 18.1 Å². The summed E-state index contributed by atoms with van der Waals surface area (Å²) in [5, 5.41) is 18.2. The molecule has 0 spiro atoms. The van der Waals surface area contributed by atoms with Crippen LogP contribution < -0.4 is 9.47 Å². The first kappa shape index (κ1) is 12.2. The normalized spacial score (nSPS) is 9.88. The van der Waals surface area contributed by atoms with Crippen molar-refractivity contribution >= 4 is 6.16 Å². The van der Waals surface area contributed by atoms with Crippen LogP contribution >= 0.6 is 0 Å². The standard InChI is InChI=1S/C11H14O5/c1-3-4-7-5-6-8(16-11(13)14)9(12)10(7)15-2/h5-6,12H,3-4H2,1-2H3,(H,13,14). The first-order valence-corrected chi connectivity index (χ1v) is 4.89. The maximum Gasteiger partial charge on any atom is 0.511 e. The molecule has 0 aliphatic rings. The number of methoxy groups -OCH3 is 1. The van der Waals surface area contributed by atoms with E-state index in [1.165, 1.54) is 13.2 Å². The Kier molecular flexibility index (Phi) is 3.99. The van der Waals surface area contributed by atoms with Crippen LogP contribution in [0.2, 0.25) is 0 Å². The van der Waals surface area contributed by atoms with Gasteiger partial charge in [0.1, 0.15) is 0 Å². The van der Waals surface area contributed by atoms with Gasteiger partial charge in [0.2, 0.25) is 5.75 Å². The fraction of sp³-hybridized carbons (Fsp3) is 0.364. The molecule has 16 heavy (non-hydrogen) atoms. The van der Waals surface area contributed by atoms with Crippen LogP contribution in [0, 0.1) is 0 Å². The lowest BCUT2D eigenvalue weighted by molar-refractivity contribution is 0.142. The van der Waals surface area contributed by atoms with Crippen molar-refractivity contribution in [3.8, 4) is 17.2 Å². The molecule has 88 valence electrons. The molecule has 0 aliphatic carbocycles. The second-order valence-corrected chi connectivity index (χ2v) is 3.22. The highest BCUT2D eigenvalue weighted by atomic mass is 16.7. The minimum atomic E-state index is -1.47. The molecule has 5 nitrogen and oxygen atoms in total. The number of carboxylic acid groups (broad SMARTS) is 1. The number of hydrogen-bond donors (Lipinski definition) is 2. The molecular formula is C11H14O5. The van der Waals surface area contributed by atoms with Gasteiger partial charge in [0.15, 0.2) is 11.5 Å². The molecule has 1 aromatic carbocycles. The van der Waals surface area contributed by atoms with E-state index >= 15 is 0 Å². The number of ether oxygens (including phenoxy) is 2. The van der Waals surface area contributed by atoms with Crippen LogP contribution in [-0.4, -0.2) is 23.5 Å². The fourth-order valence-electron chi connectivity index (χ4n) is 1.47. The summed E-state index contributed by atoms with van der Waals surface area (Å²) < 4.78 is 9.44. The summed E-state index contributed by atoms with van der Waals surface area (Å²) in [6.45, 7) is 2.00. The quantitative estimate of drug-likeness (QED) is 0.609. The summed E-state index contributed by atoms with van der Waals surface area (Å²) in [7, 11) is 1.42. The van der Waals surface area contributed by atoms with Crippen molar-refractivity contribution in [2.24, 2.45) is 0 Å². The Morgan fingerprint density at radius 3 is 2.62 bits per heavy atom. The van der Waals surface area contributed by atoms with Gasteiger partial charge in [0.25, 0.3) is 0 Å². The second kappa shape index (κ2) is 5.25. The van der Waals surface area contributed by atoms with Crippen LogP contribution in [0.15, 0.2) is 12.1 Å². The Balaban J connectivity index is 3.12. The Labute approximate surface area is 93.2 Å². The minimum absolute atomic E-state index is 0.121. The summed E-state index contributed by atoms with van der Waals surface area (Å²) in [6.07, 6.45) is 0.166. The molecule has 0 heterocycles. The number of carbonyl (C=O) groups is 1. The zero-order chi connectivity index (χ0) is 12.1. The highest BCUT2D eigenvalue weighted by Crippen LogP contribution is 2.39. The molecule has 0 unspecified atom stereocenters. The van der Waals surface area contributed by atoms with Gasteiger partial charge in [-0.3, -0.25) is 0 Å². The fourth-order valence-corrected chi connectivity index (χ4v) is 1.47. The molecule has 5 heteroatoms. The third-order valence-corrected chi connectivity index (χ3v) is 2.10. The summed E-state index contributed by atoms with van der Waals surface area (Å²) in [4.78, 5) is 10.4. The van der Waals surface area contributed by atoms with Gasteiger partial charge in [-0.25, -0.2) is 4.79 Å². The van der Waals surface area contributed by atoms with Gasteiger partial charge in [0.05, 0.1) is 7.11 Å². The van der Waals surface area contributed by atoms with E-state index in [0.717, 1.165) is 18.4 Å².